The summed E-state index contributed by atoms with van der Waals surface area (Å²) in [6.45, 7) is 0. The lowest BCUT2D eigenvalue weighted by Crippen LogP contribution is -2.04. The molecule has 0 bridgehead atoms. The van der Waals surface area contributed by atoms with Crippen LogP contribution < -0.4 is 0 Å². The fraction of sp³-hybridized carbons (Fsp3) is 0. The van der Waals surface area contributed by atoms with Gasteiger partial charge in [-0.1, -0.05) is 11.6 Å². The number of fused-ring (bicyclic) bond motifs is 1. The van der Waals surface area contributed by atoms with Crippen LogP contribution in [0.2, 0.25) is 5.02 Å². The van der Waals surface area contributed by atoms with E-state index < -0.39 is 40.5 Å². The molecule has 0 fully saturated rings. The van der Waals surface area contributed by atoms with Crippen molar-refractivity contribution < 1.29 is 31.5 Å². The molecule has 0 saturated carbocycles. The summed E-state index contributed by atoms with van der Waals surface area (Å²) in [6, 6.07) is 8.57. The van der Waals surface area contributed by atoms with Gasteiger partial charge in [-0.2, -0.15) is 0 Å². The Morgan fingerprint density at radius 2 is 1.57 bits per heavy atom. The van der Waals surface area contributed by atoms with Crippen LogP contribution in [0.5, 0.6) is 5.75 Å². The van der Waals surface area contributed by atoms with E-state index in [4.69, 9.17) is 16.0 Å². The van der Waals surface area contributed by atoms with Crippen LogP contribution in [0.4, 0.5) is 27.6 Å². The van der Waals surface area contributed by atoms with Gasteiger partial charge < -0.3 is 9.52 Å². The largest absolute Gasteiger partial charge is 0.507 e. The van der Waals surface area contributed by atoms with Crippen LogP contribution in [0, 0.1) is 29.1 Å². The zero-order valence-electron chi connectivity index (χ0n) is 14.6. The molecule has 1 heterocycles. The van der Waals surface area contributed by atoms with Crippen molar-refractivity contribution in [2.24, 2.45) is 4.99 Å². The van der Waals surface area contributed by atoms with Gasteiger partial charge in [0, 0.05) is 16.8 Å². The Balaban J connectivity index is 1.76. The Hall–Kier alpha value is -3.46. The summed E-state index contributed by atoms with van der Waals surface area (Å²) in [6.07, 6.45) is 1.33. The second-order valence-electron chi connectivity index (χ2n) is 6.08. The van der Waals surface area contributed by atoms with Crippen LogP contribution in [0.3, 0.4) is 0 Å². The Labute approximate surface area is 169 Å². The fourth-order valence-corrected chi connectivity index (χ4v) is 2.85. The highest BCUT2D eigenvalue weighted by Gasteiger charge is 2.29. The van der Waals surface area contributed by atoms with Crippen molar-refractivity contribution in [1.29, 1.82) is 0 Å². The lowest BCUT2D eigenvalue weighted by atomic mass is 10.1. The molecule has 1 aromatic heterocycles. The maximum absolute atomic E-state index is 14.0. The minimum absolute atomic E-state index is 0.0403. The quantitative estimate of drug-likeness (QED) is 0.177. The molecular formula is C20H8ClF5N2O2. The van der Waals surface area contributed by atoms with Gasteiger partial charge in [0.1, 0.15) is 16.8 Å². The molecule has 4 nitrogen and oxygen atoms in total. The highest BCUT2D eigenvalue weighted by atomic mass is 35.5. The second-order valence-corrected chi connectivity index (χ2v) is 6.51. The van der Waals surface area contributed by atoms with E-state index in [1.807, 2.05) is 0 Å². The number of phenolic OH excluding ortho intramolecular Hbond substituents is 1. The third-order valence-electron chi connectivity index (χ3n) is 4.14. The zero-order valence-corrected chi connectivity index (χ0v) is 15.3. The maximum atomic E-state index is 14.0. The van der Waals surface area contributed by atoms with Crippen LogP contribution in [0.25, 0.3) is 22.6 Å². The fourth-order valence-electron chi connectivity index (χ4n) is 2.67. The number of aromatic nitrogens is 1. The molecule has 1 N–H and O–H groups in total. The lowest BCUT2D eigenvalue weighted by Gasteiger charge is -2.04. The SMILES string of the molecule is Oc1ccc(Cl)cc1C=Nc1ccc2oc(-c3c(F)c(F)c(F)c(F)c3F)nc2c1. The molecule has 4 rings (SSSR count). The lowest BCUT2D eigenvalue weighted by molar-refractivity contribution is 0.379. The van der Waals surface area contributed by atoms with E-state index >= 15 is 0 Å². The Morgan fingerprint density at radius 1 is 0.900 bits per heavy atom. The van der Waals surface area contributed by atoms with E-state index in [-0.39, 0.29) is 16.8 Å². The van der Waals surface area contributed by atoms with Crippen LogP contribution in [0.15, 0.2) is 45.8 Å². The average molecular weight is 439 g/mol. The summed E-state index contributed by atoms with van der Waals surface area (Å²) in [5.41, 5.74) is -0.502. The Bertz CT molecular complexity index is 1310. The number of aliphatic imine (C=N–C) groups is 1. The highest BCUT2D eigenvalue weighted by Crippen LogP contribution is 2.33. The number of oxazole rings is 1. The van der Waals surface area contributed by atoms with Crippen molar-refractivity contribution in [2.75, 3.05) is 0 Å². The third kappa shape index (κ3) is 3.37. The molecule has 0 aliphatic carbocycles. The summed E-state index contributed by atoms with van der Waals surface area (Å²) in [5, 5.41) is 10.2. The van der Waals surface area contributed by atoms with Gasteiger partial charge >= 0.3 is 0 Å². The van der Waals surface area contributed by atoms with E-state index in [0.29, 0.717) is 16.3 Å². The molecule has 0 spiro atoms. The molecule has 0 unspecified atom stereocenters. The first kappa shape index (κ1) is 19.8. The minimum Gasteiger partial charge on any atom is -0.507 e. The van der Waals surface area contributed by atoms with Gasteiger partial charge in [-0.15, -0.1) is 0 Å². The van der Waals surface area contributed by atoms with E-state index in [9.17, 15) is 27.1 Å². The summed E-state index contributed by atoms with van der Waals surface area (Å²) in [4.78, 5) is 7.96. The first-order chi connectivity index (χ1) is 14.3. The van der Waals surface area contributed by atoms with E-state index in [2.05, 4.69) is 9.98 Å². The van der Waals surface area contributed by atoms with E-state index in [1.165, 1.54) is 42.6 Å². The number of nitrogens with zero attached hydrogens (tertiary/aromatic N) is 2. The van der Waals surface area contributed by atoms with Crippen LogP contribution in [-0.2, 0) is 0 Å². The molecule has 0 aliphatic rings. The van der Waals surface area contributed by atoms with Gasteiger partial charge in [-0.3, -0.25) is 4.99 Å². The molecule has 0 radical (unpaired) electrons. The minimum atomic E-state index is -2.27. The average Bonchev–Trinajstić information content (AvgIpc) is 3.14. The van der Waals surface area contributed by atoms with E-state index in [0.717, 1.165) is 0 Å². The summed E-state index contributed by atoms with van der Waals surface area (Å²) in [7, 11) is 0. The summed E-state index contributed by atoms with van der Waals surface area (Å²) in [5.74, 6) is -11.4. The van der Waals surface area contributed by atoms with Crippen LogP contribution >= 0.6 is 11.6 Å². The highest BCUT2D eigenvalue weighted by molar-refractivity contribution is 6.30. The van der Waals surface area contributed by atoms with Gasteiger partial charge in [-0.05, 0) is 36.4 Å². The number of hydrogen-bond donors (Lipinski definition) is 1. The monoisotopic (exact) mass is 438 g/mol. The molecule has 10 heteroatoms. The molecule has 4 aromatic rings. The van der Waals surface area contributed by atoms with Crippen molar-refractivity contribution in [3.63, 3.8) is 0 Å². The van der Waals surface area contributed by atoms with Gasteiger partial charge in [0.25, 0.3) is 0 Å². The molecule has 0 amide bonds. The summed E-state index contributed by atoms with van der Waals surface area (Å²) < 4.78 is 73.3. The van der Waals surface area contributed by atoms with Crippen LogP contribution in [-0.4, -0.2) is 16.3 Å². The normalized spacial score (nSPS) is 11.7. The first-order valence-electron chi connectivity index (χ1n) is 8.21. The van der Waals surface area contributed by atoms with Crippen molar-refractivity contribution in [2.45, 2.75) is 0 Å². The molecule has 0 atom stereocenters. The number of phenols is 1. The Morgan fingerprint density at radius 3 is 2.27 bits per heavy atom. The molecule has 0 saturated heterocycles. The van der Waals surface area contributed by atoms with Gasteiger partial charge in [0.2, 0.25) is 11.7 Å². The predicted molar refractivity (Wildman–Crippen MR) is 99.6 cm³/mol. The van der Waals surface area contributed by atoms with Crippen molar-refractivity contribution in [3.05, 3.63) is 76.1 Å². The molecule has 3 aromatic carbocycles. The predicted octanol–water partition coefficient (Wildman–Crippen LogP) is 6.30. The molecule has 30 heavy (non-hydrogen) atoms. The van der Waals surface area contributed by atoms with Gasteiger partial charge in [0.15, 0.2) is 28.9 Å². The smallest absolute Gasteiger partial charge is 0.233 e. The molecule has 0 aliphatic heterocycles. The number of rotatable bonds is 3. The topological polar surface area (TPSA) is 58.6 Å². The number of hydrogen-bond acceptors (Lipinski definition) is 4. The third-order valence-corrected chi connectivity index (χ3v) is 4.37. The second kappa shape index (κ2) is 7.42. The Kier molecular flexibility index (Phi) is 4.90. The van der Waals surface area contributed by atoms with Crippen LogP contribution in [0.1, 0.15) is 5.56 Å². The van der Waals surface area contributed by atoms with Gasteiger partial charge in [-0.25, -0.2) is 26.9 Å². The molecule has 152 valence electrons. The zero-order chi connectivity index (χ0) is 21.6. The van der Waals surface area contributed by atoms with Crippen molar-refractivity contribution in [1.82, 2.24) is 4.98 Å². The number of aromatic hydroxyl groups is 1. The standard InChI is InChI=1S/C20H8ClF5N2O2/c21-9-1-3-12(29)8(5-9)7-27-10-2-4-13-11(6-10)28-20(30-13)14-15(22)17(24)19(26)18(25)16(14)23/h1-7,29H. The van der Waals surface area contributed by atoms with Crippen molar-refractivity contribution in [3.8, 4) is 17.2 Å². The van der Waals surface area contributed by atoms with E-state index in [1.54, 1.807) is 0 Å². The first-order valence-corrected chi connectivity index (χ1v) is 8.59. The van der Waals surface area contributed by atoms with Gasteiger partial charge in [0.05, 0.1) is 5.69 Å². The number of benzene rings is 3. The summed E-state index contributed by atoms with van der Waals surface area (Å²) >= 11 is 5.86. The number of halogens is 6. The van der Waals surface area contributed by atoms with Crippen molar-refractivity contribution >= 4 is 34.6 Å². The molecular weight excluding hydrogens is 431 g/mol. The maximum Gasteiger partial charge on any atom is 0.233 e.